The summed E-state index contributed by atoms with van der Waals surface area (Å²) in [5.74, 6) is -1.89. The smallest absolute Gasteiger partial charge is 0.296 e. The van der Waals surface area contributed by atoms with E-state index in [1.165, 1.54) is 0 Å². The van der Waals surface area contributed by atoms with E-state index in [4.69, 9.17) is 10.3 Å². The molecule has 0 aliphatic carbocycles. The Bertz CT molecular complexity index is 941. The monoisotopic (exact) mass is 422 g/mol. The largest absolute Gasteiger partial charge is 0.344 e. The molecule has 10 heteroatoms. The molecule has 29 heavy (non-hydrogen) atoms. The summed E-state index contributed by atoms with van der Waals surface area (Å²) in [5.41, 5.74) is 6.43. The van der Waals surface area contributed by atoms with Crippen LogP contribution in [-0.2, 0) is 14.6 Å². The van der Waals surface area contributed by atoms with Gasteiger partial charge in [0.15, 0.2) is 9.84 Å². The van der Waals surface area contributed by atoms with Gasteiger partial charge in [-0.05, 0) is 12.3 Å². The number of benzene rings is 1. The number of carbonyl (C=O) groups is 2. The molecule has 1 amide bonds. The third-order valence-corrected chi connectivity index (χ3v) is 6.11. The molecule has 0 bridgehead atoms. The molecule has 0 radical (unpaired) electrons. The first-order chi connectivity index (χ1) is 13.6. The first-order valence-electron chi connectivity index (χ1n) is 9.32. The Hall–Kier alpha value is -2.59. The van der Waals surface area contributed by atoms with Gasteiger partial charge in [0.05, 0.1) is 23.6 Å². The molecule has 0 saturated heterocycles. The van der Waals surface area contributed by atoms with E-state index in [0.29, 0.717) is 5.56 Å². The Labute approximate surface area is 170 Å². The number of hydrogen-bond acceptors (Lipinski definition) is 8. The third kappa shape index (κ3) is 6.47. The molecule has 0 saturated carbocycles. The summed E-state index contributed by atoms with van der Waals surface area (Å²) < 4.78 is 29.1. The molecular formula is C19H26N4O5S. The molecule has 2 atom stereocenters. The summed E-state index contributed by atoms with van der Waals surface area (Å²) in [4.78, 5) is 29.0. The standard InChI is InChI=1S/C19H26N4O5S/c1-4-15(21-18(25)14(20)11-29(26,27)10-12(2)3)16(24)19-22-17(23-28-19)13-8-6-5-7-9-13/h5-9,12,14-15H,4,10-11,20H2,1-3H3,(H,21,25). The SMILES string of the molecule is CCC(NC(=O)C(N)CS(=O)(=O)CC(C)C)C(=O)c1nc(-c2ccccc2)no1. The number of ketones is 1. The number of aromatic nitrogens is 2. The number of sulfone groups is 1. The van der Waals surface area contributed by atoms with Crippen molar-refractivity contribution in [2.24, 2.45) is 11.7 Å². The number of nitrogens with zero attached hydrogens (tertiary/aromatic N) is 2. The van der Waals surface area contributed by atoms with Crippen LogP contribution < -0.4 is 11.1 Å². The van der Waals surface area contributed by atoms with E-state index in [1.807, 2.05) is 6.07 Å². The Morgan fingerprint density at radius 3 is 2.41 bits per heavy atom. The highest BCUT2D eigenvalue weighted by Gasteiger charge is 2.29. The number of nitrogens with one attached hydrogen (secondary N) is 1. The van der Waals surface area contributed by atoms with Crippen LogP contribution in [0.5, 0.6) is 0 Å². The maximum atomic E-state index is 12.6. The van der Waals surface area contributed by atoms with Crippen molar-refractivity contribution in [1.82, 2.24) is 15.5 Å². The lowest BCUT2D eigenvalue weighted by Gasteiger charge is -2.18. The average Bonchev–Trinajstić information content (AvgIpc) is 3.14. The zero-order valence-electron chi connectivity index (χ0n) is 16.7. The molecule has 1 heterocycles. The molecular weight excluding hydrogens is 396 g/mol. The van der Waals surface area contributed by atoms with E-state index >= 15 is 0 Å². The van der Waals surface area contributed by atoms with Gasteiger partial charge in [-0.25, -0.2) is 8.42 Å². The zero-order valence-corrected chi connectivity index (χ0v) is 17.5. The van der Waals surface area contributed by atoms with Gasteiger partial charge in [-0.1, -0.05) is 56.3 Å². The van der Waals surface area contributed by atoms with Crippen LogP contribution in [0, 0.1) is 5.92 Å². The van der Waals surface area contributed by atoms with Crippen molar-refractivity contribution >= 4 is 21.5 Å². The summed E-state index contributed by atoms with van der Waals surface area (Å²) in [6.07, 6.45) is 0.249. The summed E-state index contributed by atoms with van der Waals surface area (Å²) in [7, 11) is -3.48. The summed E-state index contributed by atoms with van der Waals surface area (Å²) in [5, 5.41) is 6.27. The lowest BCUT2D eigenvalue weighted by molar-refractivity contribution is -0.122. The second-order valence-corrected chi connectivity index (χ2v) is 9.35. The Kier molecular flexibility index (Phi) is 7.63. The van der Waals surface area contributed by atoms with E-state index in [0.717, 1.165) is 0 Å². The van der Waals surface area contributed by atoms with Gasteiger partial charge in [0.1, 0.15) is 0 Å². The summed E-state index contributed by atoms with van der Waals surface area (Å²) in [6, 6.07) is 6.76. The van der Waals surface area contributed by atoms with Crippen molar-refractivity contribution in [2.75, 3.05) is 11.5 Å². The fourth-order valence-corrected chi connectivity index (χ4v) is 4.58. The van der Waals surface area contributed by atoms with Crippen LogP contribution in [0.2, 0.25) is 0 Å². The van der Waals surface area contributed by atoms with Crippen molar-refractivity contribution in [1.29, 1.82) is 0 Å². The van der Waals surface area contributed by atoms with Crippen LogP contribution in [0.15, 0.2) is 34.9 Å². The first kappa shape index (κ1) is 22.7. The van der Waals surface area contributed by atoms with E-state index in [-0.39, 0.29) is 29.8 Å². The van der Waals surface area contributed by atoms with E-state index in [9.17, 15) is 18.0 Å². The maximum absolute atomic E-state index is 12.6. The minimum Gasteiger partial charge on any atom is -0.344 e. The Morgan fingerprint density at radius 2 is 1.83 bits per heavy atom. The van der Waals surface area contributed by atoms with Crippen molar-refractivity contribution in [3.63, 3.8) is 0 Å². The normalized spacial score (nSPS) is 13.8. The third-order valence-electron chi connectivity index (χ3n) is 4.07. The lowest BCUT2D eigenvalue weighted by Crippen LogP contribution is -2.51. The molecule has 0 fully saturated rings. The number of Topliss-reactive ketones (excluding diaryl/α,β-unsaturated/α-hetero) is 1. The van der Waals surface area contributed by atoms with Gasteiger partial charge in [-0.15, -0.1) is 0 Å². The highest BCUT2D eigenvalue weighted by Crippen LogP contribution is 2.16. The minimum absolute atomic E-state index is 0.0611. The lowest BCUT2D eigenvalue weighted by atomic mass is 10.1. The molecule has 0 spiro atoms. The molecule has 3 N–H and O–H groups in total. The van der Waals surface area contributed by atoms with Gasteiger partial charge in [0.2, 0.25) is 17.5 Å². The Balaban J connectivity index is 2.04. The van der Waals surface area contributed by atoms with Gasteiger partial charge in [0, 0.05) is 5.56 Å². The van der Waals surface area contributed by atoms with Crippen molar-refractivity contribution in [3.05, 3.63) is 36.2 Å². The van der Waals surface area contributed by atoms with E-state index < -0.39 is 39.4 Å². The van der Waals surface area contributed by atoms with Crippen molar-refractivity contribution in [3.8, 4) is 11.4 Å². The number of carbonyl (C=O) groups excluding carboxylic acids is 2. The first-order valence-corrected chi connectivity index (χ1v) is 11.1. The van der Waals surface area contributed by atoms with Crippen LogP contribution in [0.3, 0.4) is 0 Å². The topological polar surface area (TPSA) is 145 Å². The molecule has 9 nitrogen and oxygen atoms in total. The van der Waals surface area contributed by atoms with Crippen LogP contribution in [0.25, 0.3) is 11.4 Å². The average molecular weight is 423 g/mol. The highest BCUT2D eigenvalue weighted by atomic mass is 32.2. The zero-order chi connectivity index (χ0) is 21.6. The summed E-state index contributed by atoms with van der Waals surface area (Å²) in [6.45, 7) is 5.23. The van der Waals surface area contributed by atoms with Crippen LogP contribution in [-0.4, -0.2) is 53.8 Å². The van der Waals surface area contributed by atoms with Crippen LogP contribution >= 0.6 is 0 Å². The van der Waals surface area contributed by atoms with Gasteiger partial charge in [-0.3, -0.25) is 9.59 Å². The van der Waals surface area contributed by atoms with Gasteiger partial charge in [0.25, 0.3) is 5.89 Å². The fourth-order valence-electron chi connectivity index (χ4n) is 2.73. The van der Waals surface area contributed by atoms with Gasteiger partial charge < -0.3 is 15.6 Å². The molecule has 0 aliphatic rings. The molecule has 0 aliphatic heterocycles. The fraction of sp³-hybridized carbons (Fsp3) is 0.474. The van der Waals surface area contributed by atoms with Crippen LogP contribution in [0.4, 0.5) is 0 Å². The number of nitrogens with two attached hydrogens (primary N) is 1. The van der Waals surface area contributed by atoms with Crippen molar-refractivity contribution < 1.29 is 22.5 Å². The molecule has 2 aromatic rings. The summed E-state index contributed by atoms with van der Waals surface area (Å²) >= 11 is 0. The molecule has 158 valence electrons. The van der Waals surface area contributed by atoms with Gasteiger partial charge in [-0.2, -0.15) is 4.98 Å². The molecule has 1 aromatic carbocycles. The quantitative estimate of drug-likeness (QED) is 0.543. The number of amides is 1. The molecule has 2 unspecified atom stereocenters. The predicted molar refractivity (Wildman–Crippen MR) is 108 cm³/mol. The molecule has 2 rings (SSSR count). The molecule has 1 aromatic heterocycles. The Morgan fingerprint density at radius 1 is 1.17 bits per heavy atom. The van der Waals surface area contributed by atoms with Crippen LogP contribution in [0.1, 0.15) is 37.9 Å². The maximum Gasteiger partial charge on any atom is 0.296 e. The second-order valence-electron chi connectivity index (χ2n) is 7.20. The predicted octanol–water partition coefficient (Wildman–Crippen LogP) is 1.21. The highest BCUT2D eigenvalue weighted by molar-refractivity contribution is 7.91. The minimum atomic E-state index is -3.48. The number of rotatable bonds is 10. The second kappa shape index (κ2) is 9.75. The number of hydrogen-bond donors (Lipinski definition) is 2. The van der Waals surface area contributed by atoms with Gasteiger partial charge >= 0.3 is 0 Å². The van der Waals surface area contributed by atoms with E-state index in [2.05, 4.69) is 15.5 Å². The van der Waals surface area contributed by atoms with Crippen molar-refractivity contribution in [2.45, 2.75) is 39.3 Å². The van der Waals surface area contributed by atoms with E-state index in [1.54, 1.807) is 45.0 Å².